The number of benzene rings is 1. The molecule has 2 rings (SSSR count). The Kier molecular flexibility index (Phi) is 4.03. The second-order valence-corrected chi connectivity index (χ2v) is 6.36. The molecule has 0 radical (unpaired) electrons. The van der Waals surface area contributed by atoms with E-state index >= 15 is 0 Å². The van der Waals surface area contributed by atoms with Gasteiger partial charge >= 0.3 is 0 Å². The van der Waals surface area contributed by atoms with Crippen molar-refractivity contribution in [2.45, 2.75) is 39.7 Å². The Bertz CT molecular complexity index is 654. The van der Waals surface area contributed by atoms with Gasteiger partial charge in [0, 0.05) is 36.8 Å². The molecule has 1 N–H and O–H groups in total. The molecule has 0 spiro atoms. The highest BCUT2D eigenvalue weighted by Crippen LogP contribution is 2.25. The van der Waals surface area contributed by atoms with Crippen molar-refractivity contribution in [3.63, 3.8) is 0 Å². The van der Waals surface area contributed by atoms with Crippen LogP contribution in [0, 0.1) is 18.6 Å². The third-order valence-electron chi connectivity index (χ3n) is 3.33. The second kappa shape index (κ2) is 5.47. The molecule has 1 heterocycles. The molecule has 0 amide bonds. The van der Waals surface area contributed by atoms with Gasteiger partial charge in [0.15, 0.2) is 0 Å². The summed E-state index contributed by atoms with van der Waals surface area (Å²) in [7, 11) is 1.85. The van der Waals surface area contributed by atoms with Crippen LogP contribution in [0.15, 0.2) is 18.3 Å². The maximum absolute atomic E-state index is 13.8. The molecule has 1 aromatic heterocycles. The van der Waals surface area contributed by atoms with E-state index in [0.717, 1.165) is 11.3 Å². The monoisotopic (exact) mass is 293 g/mol. The van der Waals surface area contributed by atoms with E-state index in [1.54, 1.807) is 11.6 Å². The highest BCUT2D eigenvalue weighted by atomic mass is 19.1. The minimum Gasteiger partial charge on any atom is -0.378 e. The molecule has 0 atom stereocenters. The van der Waals surface area contributed by atoms with Crippen LogP contribution in [0.5, 0.6) is 0 Å². The first kappa shape index (κ1) is 15.5. The van der Waals surface area contributed by atoms with E-state index in [-0.39, 0.29) is 11.1 Å². The third-order valence-corrected chi connectivity index (χ3v) is 3.33. The molecule has 1 aromatic carbocycles. The zero-order valence-corrected chi connectivity index (χ0v) is 13.1. The quantitative estimate of drug-likeness (QED) is 0.929. The van der Waals surface area contributed by atoms with Crippen molar-refractivity contribution in [2.75, 3.05) is 5.32 Å². The van der Waals surface area contributed by atoms with Crippen molar-refractivity contribution in [3.05, 3.63) is 46.8 Å². The van der Waals surface area contributed by atoms with E-state index in [2.05, 4.69) is 31.2 Å². The van der Waals surface area contributed by atoms with Gasteiger partial charge in [0.25, 0.3) is 0 Å². The van der Waals surface area contributed by atoms with Crippen LogP contribution in [0.3, 0.4) is 0 Å². The molecule has 21 heavy (non-hydrogen) atoms. The van der Waals surface area contributed by atoms with Crippen molar-refractivity contribution in [2.24, 2.45) is 7.05 Å². The normalized spacial score (nSPS) is 11.8. The smallest absolute Gasteiger partial charge is 0.146 e. The number of nitrogens with one attached hydrogen (secondary N) is 1. The molecule has 0 aliphatic carbocycles. The third kappa shape index (κ3) is 3.40. The van der Waals surface area contributed by atoms with Crippen LogP contribution in [0.25, 0.3) is 0 Å². The number of nitrogens with zero attached hydrogens (tertiary/aromatic N) is 2. The topological polar surface area (TPSA) is 29.9 Å². The molecule has 3 nitrogen and oxygen atoms in total. The first-order valence-corrected chi connectivity index (χ1v) is 6.91. The average Bonchev–Trinajstić information content (AvgIpc) is 2.73. The van der Waals surface area contributed by atoms with Crippen molar-refractivity contribution < 1.29 is 8.78 Å². The number of aromatic nitrogens is 2. The van der Waals surface area contributed by atoms with Crippen LogP contribution in [-0.4, -0.2) is 9.78 Å². The number of anilines is 1. The summed E-state index contributed by atoms with van der Waals surface area (Å²) < 4.78 is 29.1. The van der Waals surface area contributed by atoms with Gasteiger partial charge < -0.3 is 5.32 Å². The van der Waals surface area contributed by atoms with E-state index < -0.39 is 11.6 Å². The number of rotatable bonds is 3. The summed E-state index contributed by atoms with van der Waals surface area (Å²) in [6.07, 6.45) is 1.90. The lowest BCUT2D eigenvalue weighted by molar-refractivity contribution is 0.548. The van der Waals surface area contributed by atoms with E-state index in [0.29, 0.717) is 12.1 Å². The molecular formula is C16H21F2N3. The molecule has 0 bridgehead atoms. The van der Waals surface area contributed by atoms with Gasteiger partial charge in [0.05, 0.1) is 11.4 Å². The predicted molar refractivity (Wildman–Crippen MR) is 80.3 cm³/mol. The van der Waals surface area contributed by atoms with E-state index in [1.807, 2.05) is 13.2 Å². The minimum atomic E-state index is -0.449. The molecule has 0 saturated carbocycles. The molecule has 2 aromatic rings. The van der Waals surface area contributed by atoms with Crippen LogP contribution < -0.4 is 5.32 Å². The molecule has 0 unspecified atom stereocenters. The summed E-state index contributed by atoms with van der Waals surface area (Å²) >= 11 is 0. The Morgan fingerprint density at radius 3 is 2.48 bits per heavy atom. The standard InChI is InChI=1S/C16H21F2N3/c1-10-6-13(18)14(7-12(10)17)19-8-11-9-21(5)20-15(11)16(2,3)4/h6-7,9,19H,8H2,1-5H3. The Morgan fingerprint density at radius 1 is 1.19 bits per heavy atom. The SMILES string of the molecule is Cc1cc(F)c(NCc2cn(C)nc2C(C)(C)C)cc1F. The second-order valence-electron chi connectivity index (χ2n) is 6.36. The van der Waals surface area contributed by atoms with E-state index in [9.17, 15) is 8.78 Å². The Morgan fingerprint density at radius 2 is 1.86 bits per heavy atom. The molecule has 0 aliphatic heterocycles. The van der Waals surface area contributed by atoms with Crippen LogP contribution >= 0.6 is 0 Å². The van der Waals surface area contributed by atoms with Crippen LogP contribution in [0.2, 0.25) is 0 Å². The van der Waals surface area contributed by atoms with Crippen molar-refractivity contribution >= 4 is 5.69 Å². The fourth-order valence-corrected chi connectivity index (χ4v) is 2.27. The Balaban J connectivity index is 2.23. The van der Waals surface area contributed by atoms with Gasteiger partial charge in [0.2, 0.25) is 0 Å². The first-order valence-electron chi connectivity index (χ1n) is 6.91. The molecule has 114 valence electrons. The zero-order valence-electron chi connectivity index (χ0n) is 13.1. The van der Waals surface area contributed by atoms with Gasteiger partial charge in [-0.25, -0.2) is 8.78 Å². The highest BCUT2D eigenvalue weighted by Gasteiger charge is 2.21. The summed E-state index contributed by atoms with van der Waals surface area (Å²) in [5.74, 6) is -0.865. The summed E-state index contributed by atoms with van der Waals surface area (Å²) in [5.41, 5.74) is 2.29. The summed E-state index contributed by atoms with van der Waals surface area (Å²) in [6.45, 7) is 8.17. The number of halogens is 2. The number of hydrogen-bond acceptors (Lipinski definition) is 2. The maximum atomic E-state index is 13.8. The van der Waals surface area contributed by atoms with E-state index in [1.165, 1.54) is 12.1 Å². The Hall–Kier alpha value is -1.91. The largest absolute Gasteiger partial charge is 0.378 e. The fourth-order valence-electron chi connectivity index (χ4n) is 2.27. The van der Waals surface area contributed by atoms with Gasteiger partial charge in [-0.2, -0.15) is 5.10 Å². The van der Waals surface area contributed by atoms with Crippen molar-refractivity contribution in [3.8, 4) is 0 Å². The fraction of sp³-hybridized carbons (Fsp3) is 0.438. The van der Waals surface area contributed by atoms with Gasteiger partial charge in [-0.1, -0.05) is 20.8 Å². The van der Waals surface area contributed by atoms with Crippen LogP contribution in [-0.2, 0) is 19.0 Å². The maximum Gasteiger partial charge on any atom is 0.146 e. The predicted octanol–water partition coefficient (Wildman–Crippen LogP) is 3.92. The number of hydrogen-bond donors (Lipinski definition) is 1. The summed E-state index contributed by atoms with van der Waals surface area (Å²) in [6, 6.07) is 2.39. The van der Waals surface area contributed by atoms with Crippen LogP contribution in [0.1, 0.15) is 37.6 Å². The Labute approximate surface area is 124 Å². The minimum absolute atomic E-state index is 0.102. The van der Waals surface area contributed by atoms with Gasteiger partial charge in [-0.15, -0.1) is 0 Å². The average molecular weight is 293 g/mol. The van der Waals surface area contributed by atoms with Crippen molar-refractivity contribution in [1.82, 2.24) is 9.78 Å². The lowest BCUT2D eigenvalue weighted by Crippen LogP contribution is -2.16. The highest BCUT2D eigenvalue weighted by molar-refractivity contribution is 5.47. The molecule has 5 heteroatoms. The first-order chi connectivity index (χ1) is 9.68. The molecule has 0 fully saturated rings. The van der Waals surface area contributed by atoms with E-state index in [4.69, 9.17) is 0 Å². The summed E-state index contributed by atoms with van der Waals surface area (Å²) in [5, 5.41) is 7.41. The van der Waals surface area contributed by atoms with Gasteiger partial charge in [-0.05, 0) is 18.6 Å². The van der Waals surface area contributed by atoms with Gasteiger partial charge in [0.1, 0.15) is 11.6 Å². The number of aryl methyl sites for hydroxylation is 2. The molecule has 0 aliphatic rings. The lowest BCUT2D eigenvalue weighted by Gasteiger charge is -2.18. The van der Waals surface area contributed by atoms with Crippen LogP contribution in [0.4, 0.5) is 14.5 Å². The molecule has 0 saturated heterocycles. The van der Waals surface area contributed by atoms with Gasteiger partial charge in [-0.3, -0.25) is 4.68 Å². The zero-order chi connectivity index (χ0) is 15.8. The van der Waals surface area contributed by atoms with Crippen molar-refractivity contribution in [1.29, 1.82) is 0 Å². The molecular weight excluding hydrogens is 272 g/mol. The summed E-state index contributed by atoms with van der Waals surface area (Å²) in [4.78, 5) is 0. The lowest BCUT2D eigenvalue weighted by atomic mass is 9.89.